The van der Waals surface area contributed by atoms with Crippen LogP contribution in [0, 0.1) is 5.92 Å². The SMILES string of the molecule is CCCOCC(=O)NCC1NCCCC1CC. The lowest BCUT2D eigenvalue weighted by Crippen LogP contribution is -2.49. The molecular formula is C13H26N2O2. The number of ether oxygens (including phenoxy) is 1. The third kappa shape index (κ3) is 5.50. The van der Waals surface area contributed by atoms with E-state index < -0.39 is 0 Å². The number of hydrogen-bond donors (Lipinski definition) is 2. The molecule has 0 radical (unpaired) electrons. The molecule has 1 aliphatic rings. The Balaban J connectivity index is 2.17. The van der Waals surface area contributed by atoms with Crippen molar-refractivity contribution in [3.05, 3.63) is 0 Å². The van der Waals surface area contributed by atoms with E-state index in [1.165, 1.54) is 19.3 Å². The highest BCUT2D eigenvalue weighted by atomic mass is 16.5. The number of carbonyl (C=O) groups excluding carboxylic acids is 1. The van der Waals surface area contributed by atoms with E-state index in [9.17, 15) is 4.79 Å². The first-order valence-electron chi connectivity index (χ1n) is 6.85. The van der Waals surface area contributed by atoms with Gasteiger partial charge in [-0.3, -0.25) is 4.79 Å². The van der Waals surface area contributed by atoms with Crippen molar-refractivity contribution in [3.8, 4) is 0 Å². The fourth-order valence-electron chi connectivity index (χ4n) is 2.33. The Morgan fingerprint density at radius 3 is 3.00 bits per heavy atom. The highest BCUT2D eigenvalue weighted by Crippen LogP contribution is 2.19. The number of hydrogen-bond acceptors (Lipinski definition) is 3. The van der Waals surface area contributed by atoms with Gasteiger partial charge < -0.3 is 15.4 Å². The molecule has 0 aromatic carbocycles. The van der Waals surface area contributed by atoms with Crippen LogP contribution in [0.1, 0.15) is 39.5 Å². The molecule has 2 N–H and O–H groups in total. The van der Waals surface area contributed by atoms with Crippen molar-refractivity contribution in [3.63, 3.8) is 0 Å². The maximum absolute atomic E-state index is 11.5. The van der Waals surface area contributed by atoms with Gasteiger partial charge in [0.15, 0.2) is 0 Å². The van der Waals surface area contributed by atoms with Crippen LogP contribution >= 0.6 is 0 Å². The zero-order valence-electron chi connectivity index (χ0n) is 11.1. The summed E-state index contributed by atoms with van der Waals surface area (Å²) in [4.78, 5) is 11.5. The summed E-state index contributed by atoms with van der Waals surface area (Å²) in [6, 6.07) is 0.434. The Kier molecular flexibility index (Phi) is 7.21. The first kappa shape index (κ1) is 14.5. The molecule has 2 unspecified atom stereocenters. The van der Waals surface area contributed by atoms with Crippen LogP contribution in [0.4, 0.5) is 0 Å². The van der Waals surface area contributed by atoms with E-state index in [1.807, 2.05) is 6.92 Å². The van der Waals surface area contributed by atoms with E-state index in [0.717, 1.165) is 19.5 Å². The van der Waals surface area contributed by atoms with Gasteiger partial charge in [-0.25, -0.2) is 0 Å². The number of rotatable bonds is 7. The first-order valence-corrected chi connectivity index (χ1v) is 6.85. The van der Waals surface area contributed by atoms with Gasteiger partial charge in [0.25, 0.3) is 0 Å². The largest absolute Gasteiger partial charge is 0.372 e. The van der Waals surface area contributed by atoms with Gasteiger partial charge in [-0.1, -0.05) is 20.3 Å². The minimum atomic E-state index is 0.000626. The molecule has 0 bridgehead atoms. The van der Waals surface area contributed by atoms with E-state index in [0.29, 0.717) is 18.6 Å². The molecule has 2 atom stereocenters. The minimum Gasteiger partial charge on any atom is -0.372 e. The highest BCUT2D eigenvalue weighted by Gasteiger charge is 2.23. The molecule has 0 aromatic heterocycles. The Hall–Kier alpha value is -0.610. The zero-order valence-corrected chi connectivity index (χ0v) is 11.1. The molecule has 1 amide bonds. The molecule has 4 nitrogen and oxygen atoms in total. The van der Waals surface area contributed by atoms with Gasteiger partial charge >= 0.3 is 0 Å². The summed E-state index contributed by atoms with van der Waals surface area (Å²) in [6.45, 7) is 6.91. The predicted octanol–water partition coefficient (Wildman–Crippen LogP) is 1.31. The molecule has 1 fully saturated rings. The van der Waals surface area contributed by atoms with Gasteiger partial charge in [0, 0.05) is 19.2 Å². The minimum absolute atomic E-state index is 0.000626. The molecule has 0 saturated carbocycles. The summed E-state index contributed by atoms with van der Waals surface area (Å²) in [5.41, 5.74) is 0. The lowest BCUT2D eigenvalue weighted by molar-refractivity contribution is -0.125. The molecule has 0 spiro atoms. The second-order valence-corrected chi connectivity index (χ2v) is 4.73. The second-order valence-electron chi connectivity index (χ2n) is 4.73. The standard InChI is InChI=1S/C13H26N2O2/c1-3-8-17-10-13(16)15-9-12-11(4-2)6-5-7-14-12/h11-12,14H,3-10H2,1-2H3,(H,15,16). The molecule has 1 aliphatic heterocycles. The lowest BCUT2D eigenvalue weighted by atomic mass is 9.89. The lowest BCUT2D eigenvalue weighted by Gasteiger charge is -2.32. The highest BCUT2D eigenvalue weighted by molar-refractivity contribution is 5.77. The van der Waals surface area contributed by atoms with Gasteiger partial charge in [0.1, 0.15) is 6.61 Å². The Labute approximate surface area is 104 Å². The van der Waals surface area contributed by atoms with Crippen LogP contribution in [0.2, 0.25) is 0 Å². The maximum atomic E-state index is 11.5. The number of amides is 1. The average Bonchev–Trinajstić information content (AvgIpc) is 2.37. The fraction of sp³-hybridized carbons (Fsp3) is 0.923. The topological polar surface area (TPSA) is 50.4 Å². The van der Waals surface area contributed by atoms with E-state index >= 15 is 0 Å². The summed E-state index contributed by atoms with van der Waals surface area (Å²) in [7, 11) is 0. The summed E-state index contributed by atoms with van der Waals surface area (Å²) in [5, 5.41) is 6.44. The van der Waals surface area contributed by atoms with E-state index in [-0.39, 0.29) is 12.5 Å². The van der Waals surface area contributed by atoms with Crippen LogP contribution in [0.25, 0.3) is 0 Å². The summed E-state index contributed by atoms with van der Waals surface area (Å²) < 4.78 is 5.21. The first-order chi connectivity index (χ1) is 8.27. The van der Waals surface area contributed by atoms with Crippen molar-refractivity contribution >= 4 is 5.91 Å². The third-order valence-electron chi connectivity index (χ3n) is 3.35. The van der Waals surface area contributed by atoms with Crippen LogP contribution in [0.15, 0.2) is 0 Å². The van der Waals surface area contributed by atoms with Crippen LogP contribution in [-0.2, 0) is 9.53 Å². The van der Waals surface area contributed by atoms with E-state index in [2.05, 4.69) is 17.6 Å². The van der Waals surface area contributed by atoms with Crippen molar-refractivity contribution in [2.75, 3.05) is 26.3 Å². The normalized spacial score (nSPS) is 24.6. The third-order valence-corrected chi connectivity index (χ3v) is 3.35. The molecule has 100 valence electrons. The average molecular weight is 242 g/mol. The van der Waals surface area contributed by atoms with Crippen molar-refractivity contribution in [2.45, 2.75) is 45.6 Å². The van der Waals surface area contributed by atoms with Gasteiger partial charge in [0.05, 0.1) is 0 Å². The summed E-state index contributed by atoms with van der Waals surface area (Å²) in [6.07, 6.45) is 4.66. The Morgan fingerprint density at radius 2 is 2.29 bits per heavy atom. The van der Waals surface area contributed by atoms with Gasteiger partial charge in [0.2, 0.25) is 5.91 Å². The molecule has 1 rings (SSSR count). The number of piperidine rings is 1. The molecule has 0 aromatic rings. The van der Waals surface area contributed by atoms with Crippen molar-refractivity contribution in [2.24, 2.45) is 5.92 Å². The number of carbonyl (C=O) groups is 1. The predicted molar refractivity (Wildman–Crippen MR) is 68.9 cm³/mol. The number of nitrogens with one attached hydrogen (secondary N) is 2. The van der Waals surface area contributed by atoms with Crippen LogP contribution in [0.5, 0.6) is 0 Å². The smallest absolute Gasteiger partial charge is 0.246 e. The van der Waals surface area contributed by atoms with Crippen molar-refractivity contribution in [1.29, 1.82) is 0 Å². The monoisotopic (exact) mass is 242 g/mol. The van der Waals surface area contributed by atoms with Gasteiger partial charge in [-0.2, -0.15) is 0 Å². The molecule has 4 heteroatoms. The molecule has 17 heavy (non-hydrogen) atoms. The Bertz CT molecular complexity index is 221. The van der Waals surface area contributed by atoms with Crippen molar-refractivity contribution in [1.82, 2.24) is 10.6 Å². The molecule has 0 aliphatic carbocycles. The molecular weight excluding hydrogens is 216 g/mol. The van der Waals surface area contributed by atoms with Crippen LogP contribution < -0.4 is 10.6 Å². The van der Waals surface area contributed by atoms with Crippen molar-refractivity contribution < 1.29 is 9.53 Å². The van der Waals surface area contributed by atoms with E-state index in [1.54, 1.807) is 0 Å². The second kappa shape index (κ2) is 8.48. The molecule has 1 saturated heterocycles. The zero-order chi connectivity index (χ0) is 12.5. The summed E-state index contributed by atoms with van der Waals surface area (Å²) >= 11 is 0. The Morgan fingerprint density at radius 1 is 1.47 bits per heavy atom. The quantitative estimate of drug-likeness (QED) is 0.662. The van der Waals surface area contributed by atoms with Crippen LogP contribution in [0.3, 0.4) is 0 Å². The van der Waals surface area contributed by atoms with Crippen LogP contribution in [-0.4, -0.2) is 38.3 Å². The molecule has 1 heterocycles. The van der Waals surface area contributed by atoms with E-state index in [4.69, 9.17) is 4.74 Å². The summed E-state index contributed by atoms with van der Waals surface area (Å²) in [5.74, 6) is 0.696. The fourth-order valence-corrected chi connectivity index (χ4v) is 2.33. The van der Waals surface area contributed by atoms with Gasteiger partial charge in [-0.05, 0) is 31.7 Å². The van der Waals surface area contributed by atoms with Gasteiger partial charge in [-0.15, -0.1) is 0 Å². The maximum Gasteiger partial charge on any atom is 0.246 e.